The van der Waals surface area contributed by atoms with Crippen LogP contribution >= 0.6 is 0 Å². The number of hydrogen-bond acceptors (Lipinski definition) is 7. The molecular weight excluding hydrogens is 492 g/mol. The number of nitrogens with two attached hydrogens (primary N) is 3. The molecule has 212 valence electrons. The number of aliphatic carboxylic acids is 1. The van der Waals surface area contributed by atoms with E-state index in [9.17, 15) is 29.1 Å². The van der Waals surface area contributed by atoms with Crippen molar-refractivity contribution in [2.45, 2.75) is 83.0 Å². The molecule has 0 aromatic heterocycles. The third-order valence-electron chi connectivity index (χ3n) is 6.30. The number of unbranched alkanes of at least 4 members (excludes halogenated alkanes) is 1. The van der Waals surface area contributed by atoms with E-state index in [0.29, 0.717) is 25.8 Å². The first-order valence-corrected chi connectivity index (χ1v) is 12.9. The zero-order chi connectivity index (χ0) is 28.7. The Kier molecular flexibility index (Phi) is 14.6. The van der Waals surface area contributed by atoms with Gasteiger partial charge in [-0.25, -0.2) is 4.79 Å². The molecule has 12 heteroatoms. The smallest absolute Gasteiger partial charge is 0.326 e. The van der Waals surface area contributed by atoms with Crippen LogP contribution in [0.1, 0.15) is 57.9 Å². The molecule has 1 rings (SSSR count). The number of benzene rings is 1. The lowest BCUT2D eigenvalue weighted by Gasteiger charge is -2.28. The van der Waals surface area contributed by atoms with Crippen molar-refractivity contribution in [3.05, 3.63) is 35.9 Å². The van der Waals surface area contributed by atoms with Crippen molar-refractivity contribution in [3.63, 3.8) is 0 Å². The number of carboxylic acids is 1. The molecule has 1 aromatic carbocycles. The molecule has 0 saturated carbocycles. The quantitative estimate of drug-likeness (QED) is 0.122. The van der Waals surface area contributed by atoms with Crippen LogP contribution in [0.3, 0.4) is 0 Å². The molecule has 0 fully saturated rings. The Balaban J connectivity index is 2.99. The fourth-order valence-corrected chi connectivity index (χ4v) is 3.76. The zero-order valence-corrected chi connectivity index (χ0v) is 22.2. The predicted octanol–water partition coefficient (Wildman–Crippen LogP) is -0.464. The van der Waals surface area contributed by atoms with Gasteiger partial charge in [0.25, 0.3) is 0 Å². The van der Waals surface area contributed by atoms with Gasteiger partial charge >= 0.3 is 5.97 Å². The van der Waals surface area contributed by atoms with E-state index in [-0.39, 0.29) is 31.6 Å². The fraction of sp³-hybridized carbons (Fsp3) is 0.577. The highest BCUT2D eigenvalue weighted by atomic mass is 16.4. The standard InChI is InChI=1S/C26H42N6O6/c1-3-16(2)22(32-23(34)18(28)15-17-9-5-4-6-10-17)25(36)30-19(11-7-8-14-27)24(35)31-20(26(37)38)12-13-21(29)33/h4-6,9-10,16,18-20,22H,3,7-8,11-15,27-28H2,1-2H3,(H2,29,33)(H,30,36)(H,31,35)(H,32,34)(H,37,38). The number of carbonyl (C=O) groups excluding carboxylic acids is 4. The minimum absolute atomic E-state index is 0.190. The zero-order valence-electron chi connectivity index (χ0n) is 22.2. The summed E-state index contributed by atoms with van der Waals surface area (Å²) in [4.78, 5) is 61.8. The largest absolute Gasteiger partial charge is 0.480 e. The fourth-order valence-electron chi connectivity index (χ4n) is 3.76. The van der Waals surface area contributed by atoms with Crippen LogP contribution in [0, 0.1) is 5.92 Å². The average Bonchev–Trinajstić information content (AvgIpc) is 2.88. The second-order valence-corrected chi connectivity index (χ2v) is 9.42. The Morgan fingerprint density at radius 3 is 2.08 bits per heavy atom. The minimum Gasteiger partial charge on any atom is -0.480 e. The summed E-state index contributed by atoms with van der Waals surface area (Å²) >= 11 is 0. The molecule has 10 N–H and O–H groups in total. The molecule has 4 amide bonds. The summed E-state index contributed by atoms with van der Waals surface area (Å²) in [6.07, 6.45) is 1.71. The summed E-state index contributed by atoms with van der Waals surface area (Å²) < 4.78 is 0. The lowest BCUT2D eigenvalue weighted by molar-refractivity contribution is -0.142. The lowest BCUT2D eigenvalue weighted by Crippen LogP contribution is -2.58. The molecule has 5 unspecified atom stereocenters. The Hall–Kier alpha value is -3.51. The number of rotatable bonds is 18. The van der Waals surface area contributed by atoms with E-state index in [0.717, 1.165) is 5.56 Å². The first-order chi connectivity index (χ1) is 18.0. The van der Waals surface area contributed by atoms with Gasteiger partial charge in [0.15, 0.2) is 0 Å². The van der Waals surface area contributed by atoms with Gasteiger partial charge in [-0.15, -0.1) is 0 Å². The Morgan fingerprint density at radius 1 is 0.895 bits per heavy atom. The maximum atomic E-state index is 13.3. The van der Waals surface area contributed by atoms with Gasteiger partial charge < -0.3 is 38.3 Å². The third kappa shape index (κ3) is 11.7. The van der Waals surface area contributed by atoms with Crippen molar-refractivity contribution in [3.8, 4) is 0 Å². The number of nitrogens with one attached hydrogen (secondary N) is 3. The van der Waals surface area contributed by atoms with Gasteiger partial charge in [-0.05, 0) is 50.1 Å². The van der Waals surface area contributed by atoms with E-state index in [4.69, 9.17) is 17.2 Å². The molecule has 1 aromatic rings. The first kappa shape index (κ1) is 32.5. The third-order valence-corrected chi connectivity index (χ3v) is 6.30. The highest BCUT2D eigenvalue weighted by Crippen LogP contribution is 2.11. The molecule has 0 radical (unpaired) electrons. The summed E-state index contributed by atoms with van der Waals surface area (Å²) in [6.45, 7) is 4.03. The molecule has 38 heavy (non-hydrogen) atoms. The van der Waals surface area contributed by atoms with E-state index >= 15 is 0 Å². The summed E-state index contributed by atoms with van der Waals surface area (Å²) in [6, 6.07) is 4.95. The van der Waals surface area contributed by atoms with Crippen LogP contribution in [-0.2, 0) is 30.4 Å². The Bertz CT molecular complexity index is 928. The normalized spacial score (nSPS) is 14.8. The predicted molar refractivity (Wildman–Crippen MR) is 142 cm³/mol. The second-order valence-electron chi connectivity index (χ2n) is 9.42. The van der Waals surface area contributed by atoms with Crippen LogP contribution in [0.25, 0.3) is 0 Å². The average molecular weight is 535 g/mol. The first-order valence-electron chi connectivity index (χ1n) is 12.9. The van der Waals surface area contributed by atoms with Crippen LogP contribution in [0.15, 0.2) is 30.3 Å². The van der Waals surface area contributed by atoms with E-state index < -0.39 is 53.8 Å². The monoisotopic (exact) mass is 534 g/mol. The molecule has 12 nitrogen and oxygen atoms in total. The molecule has 0 aliphatic heterocycles. The second kappa shape index (κ2) is 17.1. The number of carboxylic acid groups (broad SMARTS) is 1. The van der Waals surface area contributed by atoms with Crippen LogP contribution in [0.4, 0.5) is 0 Å². The van der Waals surface area contributed by atoms with Crippen LogP contribution in [0.5, 0.6) is 0 Å². The van der Waals surface area contributed by atoms with E-state index in [1.54, 1.807) is 6.92 Å². The van der Waals surface area contributed by atoms with Crippen molar-refractivity contribution in [2.24, 2.45) is 23.1 Å². The van der Waals surface area contributed by atoms with E-state index in [1.807, 2.05) is 37.3 Å². The maximum Gasteiger partial charge on any atom is 0.326 e. The van der Waals surface area contributed by atoms with Gasteiger partial charge in [0, 0.05) is 6.42 Å². The highest BCUT2D eigenvalue weighted by molar-refractivity contribution is 5.94. The van der Waals surface area contributed by atoms with Gasteiger partial charge in [0.05, 0.1) is 6.04 Å². The van der Waals surface area contributed by atoms with Crippen molar-refractivity contribution in [1.29, 1.82) is 0 Å². The Morgan fingerprint density at radius 2 is 1.53 bits per heavy atom. The summed E-state index contributed by atoms with van der Waals surface area (Å²) in [5.41, 5.74) is 17.6. The van der Waals surface area contributed by atoms with Crippen molar-refractivity contribution < 1.29 is 29.1 Å². The van der Waals surface area contributed by atoms with Crippen molar-refractivity contribution in [1.82, 2.24) is 16.0 Å². The van der Waals surface area contributed by atoms with Crippen LogP contribution in [-0.4, -0.2) is 65.4 Å². The maximum absolute atomic E-state index is 13.3. The molecule has 0 aliphatic carbocycles. The van der Waals surface area contributed by atoms with E-state index in [1.165, 1.54) is 0 Å². The number of carbonyl (C=O) groups is 5. The molecular formula is C26H42N6O6. The molecule has 0 heterocycles. The van der Waals surface area contributed by atoms with Gasteiger partial charge in [-0.2, -0.15) is 0 Å². The number of amides is 4. The summed E-state index contributed by atoms with van der Waals surface area (Å²) in [7, 11) is 0. The number of primary amides is 1. The lowest BCUT2D eigenvalue weighted by atomic mass is 9.96. The minimum atomic E-state index is -1.36. The Labute approximate surface area is 223 Å². The summed E-state index contributed by atoms with van der Waals surface area (Å²) in [5, 5.41) is 17.2. The molecule has 0 aliphatic rings. The topological polar surface area (TPSA) is 220 Å². The van der Waals surface area contributed by atoms with Gasteiger partial charge in [-0.1, -0.05) is 50.6 Å². The molecule has 0 spiro atoms. The highest BCUT2D eigenvalue weighted by Gasteiger charge is 2.32. The van der Waals surface area contributed by atoms with Crippen molar-refractivity contribution >= 4 is 29.6 Å². The van der Waals surface area contributed by atoms with Crippen LogP contribution < -0.4 is 33.2 Å². The van der Waals surface area contributed by atoms with Gasteiger partial charge in [0.1, 0.15) is 18.1 Å². The van der Waals surface area contributed by atoms with E-state index in [2.05, 4.69) is 16.0 Å². The summed E-state index contributed by atoms with van der Waals surface area (Å²) in [5.74, 6) is -4.12. The molecule has 0 bridgehead atoms. The SMILES string of the molecule is CCC(C)C(NC(=O)C(N)Cc1ccccc1)C(=O)NC(CCCCN)C(=O)NC(CCC(N)=O)C(=O)O. The van der Waals surface area contributed by atoms with Crippen molar-refractivity contribution in [2.75, 3.05) is 6.54 Å². The molecule has 5 atom stereocenters. The van der Waals surface area contributed by atoms with Crippen LogP contribution in [0.2, 0.25) is 0 Å². The number of hydrogen-bond donors (Lipinski definition) is 7. The molecule has 0 saturated heterocycles. The van der Waals surface area contributed by atoms with Gasteiger partial charge in [0.2, 0.25) is 23.6 Å². The van der Waals surface area contributed by atoms with Gasteiger partial charge in [-0.3, -0.25) is 19.2 Å².